The molecule has 0 saturated heterocycles. The Morgan fingerprint density at radius 2 is 2.00 bits per heavy atom. The number of aromatic nitrogens is 3. The first-order valence-electron chi connectivity index (χ1n) is 6.97. The molecule has 0 bridgehead atoms. The molecule has 0 aliphatic rings. The van der Waals surface area contributed by atoms with Crippen LogP contribution in [-0.2, 0) is 12.3 Å². The summed E-state index contributed by atoms with van der Waals surface area (Å²) in [6.07, 6.45) is 1.84. The summed E-state index contributed by atoms with van der Waals surface area (Å²) in [6.45, 7) is 6.39. The van der Waals surface area contributed by atoms with Gasteiger partial charge in [0.15, 0.2) is 5.16 Å². The van der Waals surface area contributed by atoms with Crippen LogP contribution >= 0.6 is 11.8 Å². The lowest BCUT2D eigenvalue weighted by atomic mass is 10.1. The minimum atomic E-state index is 0.0144. The molecule has 0 fully saturated rings. The molecule has 5 nitrogen and oxygen atoms in total. The molecular weight excluding hydrogens is 296 g/mol. The zero-order chi connectivity index (χ0) is 16.1. The molecule has 22 heavy (non-hydrogen) atoms. The van der Waals surface area contributed by atoms with Crippen LogP contribution in [0.1, 0.15) is 21.7 Å². The molecule has 0 unspecified atom stereocenters. The summed E-state index contributed by atoms with van der Waals surface area (Å²) < 4.78 is 2.03. The second-order valence-electron chi connectivity index (χ2n) is 5.11. The number of thioether (sulfide) groups is 1. The van der Waals surface area contributed by atoms with Crippen molar-refractivity contribution in [2.45, 2.75) is 24.4 Å². The average Bonchev–Trinajstić information content (AvgIpc) is 2.86. The molecule has 6 heteroatoms. The van der Waals surface area contributed by atoms with E-state index in [9.17, 15) is 4.79 Å². The molecule has 0 spiro atoms. The fourth-order valence-corrected chi connectivity index (χ4v) is 2.91. The summed E-state index contributed by atoms with van der Waals surface area (Å²) >= 11 is 1.63. The maximum absolute atomic E-state index is 11.8. The standard InChI is InChI=1S/C16H20N4OS/c1-5-10-20-12(2)17-18-16(20)22-11-13-6-8-14(9-7-13)15(21)19(3)4/h5-9H,1,10-11H2,2-4H3. The zero-order valence-electron chi connectivity index (χ0n) is 13.1. The third-order valence-electron chi connectivity index (χ3n) is 3.19. The van der Waals surface area contributed by atoms with E-state index in [0.29, 0.717) is 12.1 Å². The maximum atomic E-state index is 11.8. The predicted octanol–water partition coefficient (Wildman–Crippen LogP) is 2.77. The van der Waals surface area contributed by atoms with Crippen molar-refractivity contribution < 1.29 is 4.79 Å². The number of hydrogen-bond acceptors (Lipinski definition) is 4. The largest absolute Gasteiger partial charge is 0.345 e. The molecular formula is C16H20N4OS. The molecule has 1 aromatic heterocycles. The second kappa shape index (κ2) is 7.26. The van der Waals surface area contributed by atoms with Gasteiger partial charge in [-0.15, -0.1) is 16.8 Å². The van der Waals surface area contributed by atoms with Gasteiger partial charge >= 0.3 is 0 Å². The number of carbonyl (C=O) groups is 1. The van der Waals surface area contributed by atoms with Gasteiger partial charge in [0.1, 0.15) is 5.82 Å². The number of benzene rings is 1. The number of carbonyl (C=O) groups excluding carboxylic acids is 1. The molecule has 2 rings (SSSR count). The fourth-order valence-electron chi connectivity index (χ4n) is 1.96. The van der Waals surface area contributed by atoms with Crippen LogP contribution in [0.5, 0.6) is 0 Å². The molecule has 1 aromatic carbocycles. The second-order valence-corrected chi connectivity index (χ2v) is 6.06. The van der Waals surface area contributed by atoms with E-state index in [4.69, 9.17) is 0 Å². The van der Waals surface area contributed by atoms with Crippen LogP contribution in [0.4, 0.5) is 0 Å². The zero-order valence-corrected chi connectivity index (χ0v) is 13.9. The molecule has 0 aliphatic carbocycles. The number of rotatable bonds is 6. The molecule has 0 atom stereocenters. The van der Waals surface area contributed by atoms with E-state index in [-0.39, 0.29) is 5.91 Å². The number of hydrogen-bond donors (Lipinski definition) is 0. The van der Waals surface area contributed by atoms with Gasteiger partial charge in [0, 0.05) is 32.0 Å². The SMILES string of the molecule is C=CCn1c(C)nnc1SCc1ccc(C(=O)N(C)C)cc1. The van der Waals surface area contributed by atoms with Crippen molar-refractivity contribution in [3.8, 4) is 0 Å². The summed E-state index contributed by atoms with van der Waals surface area (Å²) in [6, 6.07) is 7.67. The average molecular weight is 316 g/mol. The van der Waals surface area contributed by atoms with Crippen molar-refractivity contribution in [1.29, 1.82) is 0 Å². The van der Waals surface area contributed by atoms with Gasteiger partial charge in [-0.25, -0.2) is 0 Å². The molecule has 116 valence electrons. The molecule has 1 amide bonds. The first-order valence-corrected chi connectivity index (χ1v) is 7.95. The smallest absolute Gasteiger partial charge is 0.253 e. The Bertz CT molecular complexity index is 661. The lowest BCUT2D eigenvalue weighted by Crippen LogP contribution is -2.21. The Labute approximate surface area is 135 Å². The summed E-state index contributed by atoms with van der Waals surface area (Å²) in [5.41, 5.74) is 1.84. The van der Waals surface area contributed by atoms with Crippen LogP contribution in [0.15, 0.2) is 42.1 Å². The van der Waals surface area contributed by atoms with Crippen molar-refractivity contribution in [1.82, 2.24) is 19.7 Å². The van der Waals surface area contributed by atoms with E-state index in [0.717, 1.165) is 22.3 Å². The van der Waals surface area contributed by atoms with E-state index >= 15 is 0 Å². The van der Waals surface area contributed by atoms with Gasteiger partial charge in [-0.05, 0) is 24.6 Å². The Morgan fingerprint density at radius 3 is 2.59 bits per heavy atom. The van der Waals surface area contributed by atoms with Crippen LogP contribution in [0.2, 0.25) is 0 Å². The molecule has 2 aromatic rings. The Hall–Kier alpha value is -2.08. The van der Waals surface area contributed by atoms with E-state index in [2.05, 4.69) is 16.8 Å². The van der Waals surface area contributed by atoms with Gasteiger partial charge in [0.25, 0.3) is 5.91 Å². The van der Waals surface area contributed by atoms with Gasteiger partial charge in [-0.3, -0.25) is 4.79 Å². The van der Waals surface area contributed by atoms with Crippen LogP contribution < -0.4 is 0 Å². The summed E-state index contributed by atoms with van der Waals surface area (Å²) in [7, 11) is 3.50. The molecule has 0 aliphatic heterocycles. The van der Waals surface area contributed by atoms with Crippen molar-refractivity contribution >= 4 is 17.7 Å². The minimum absolute atomic E-state index is 0.0144. The number of amides is 1. The predicted molar refractivity (Wildman–Crippen MR) is 89.0 cm³/mol. The van der Waals surface area contributed by atoms with E-state index in [1.165, 1.54) is 0 Å². The fraction of sp³-hybridized carbons (Fsp3) is 0.312. The highest BCUT2D eigenvalue weighted by Gasteiger charge is 2.10. The lowest BCUT2D eigenvalue weighted by Gasteiger charge is -2.10. The van der Waals surface area contributed by atoms with E-state index in [1.807, 2.05) is 41.8 Å². The van der Waals surface area contributed by atoms with Crippen molar-refractivity contribution in [2.24, 2.45) is 0 Å². The normalized spacial score (nSPS) is 10.5. The topological polar surface area (TPSA) is 51.0 Å². The van der Waals surface area contributed by atoms with Crippen molar-refractivity contribution in [2.75, 3.05) is 14.1 Å². The van der Waals surface area contributed by atoms with Gasteiger partial charge < -0.3 is 9.47 Å². The highest BCUT2D eigenvalue weighted by atomic mass is 32.2. The first kappa shape index (κ1) is 16.3. The van der Waals surface area contributed by atoms with Gasteiger partial charge in [0.2, 0.25) is 0 Å². The van der Waals surface area contributed by atoms with Crippen LogP contribution in [0.3, 0.4) is 0 Å². The van der Waals surface area contributed by atoms with Crippen LogP contribution in [-0.4, -0.2) is 39.7 Å². The van der Waals surface area contributed by atoms with Crippen LogP contribution in [0, 0.1) is 6.92 Å². The third kappa shape index (κ3) is 3.76. The van der Waals surface area contributed by atoms with E-state index < -0.39 is 0 Å². The summed E-state index contributed by atoms with van der Waals surface area (Å²) in [5.74, 6) is 1.68. The third-order valence-corrected chi connectivity index (χ3v) is 4.23. The highest BCUT2D eigenvalue weighted by Crippen LogP contribution is 2.22. The molecule has 0 N–H and O–H groups in total. The van der Waals surface area contributed by atoms with Gasteiger partial charge in [0.05, 0.1) is 0 Å². The van der Waals surface area contributed by atoms with Crippen LogP contribution in [0.25, 0.3) is 0 Å². The molecule has 0 radical (unpaired) electrons. The summed E-state index contributed by atoms with van der Waals surface area (Å²) in [4.78, 5) is 13.4. The monoisotopic (exact) mass is 316 g/mol. The summed E-state index contributed by atoms with van der Waals surface area (Å²) in [5, 5.41) is 9.16. The first-order chi connectivity index (χ1) is 10.5. The molecule has 0 saturated carbocycles. The minimum Gasteiger partial charge on any atom is -0.345 e. The number of nitrogens with zero attached hydrogens (tertiary/aromatic N) is 4. The van der Waals surface area contributed by atoms with Gasteiger partial charge in [-0.2, -0.15) is 0 Å². The van der Waals surface area contributed by atoms with E-state index in [1.54, 1.807) is 30.8 Å². The van der Waals surface area contributed by atoms with Crippen molar-refractivity contribution in [3.63, 3.8) is 0 Å². The quantitative estimate of drug-likeness (QED) is 0.607. The Kier molecular flexibility index (Phi) is 5.38. The maximum Gasteiger partial charge on any atom is 0.253 e. The van der Waals surface area contributed by atoms with Gasteiger partial charge in [-0.1, -0.05) is 30.0 Å². The Balaban J connectivity index is 2.03. The molecule has 1 heterocycles. The lowest BCUT2D eigenvalue weighted by molar-refractivity contribution is 0.0827. The number of allylic oxidation sites excluding steroid dienone is 1. The highest BCUT2D eigenvalue weighted by molar-refractivity contribution is 7.98. The Morgan fingerprint density at radius 1 is 1.32 bits per heavy atom. The number of aryl methyl sites for hydroxylation is 1. The van der Waals surface area contributed by atoms with Crippen molar-refractivity contribution in [3.05, 3.63) is 53.9 Å².